The fourth-order valence-electron chi connectivity index (χ4n) is 1.12. The third-order valence-corrected chi connectivity index (χ3v) is 1.79. The highest BCUT2D eigenvalue weighted by molar-refractivity contribution is 5.87. The first kappa shape index (κ1) is 9.32. The molecule has 0 atom stereocenters. The molecule has 76 valence electrons. The van der Waals surface area contributed by atoms with E-state index in [9.17, 15) is 9.18 Å². The van der Waals surface area contributed by atoms with Crippen LogP contribution >= 0.6 is 0 Å². The summed E-state index contributed by atoms with van der Waals surface area (Å²) in [5, 5.41) is 8.63. The van der Waals surface area contributed by atoms with E-state index in [1.54, 1.807) is 0 Å². The third-order valence-electron chi connectivity index (χ3n) is 1.79. The molecule has 2 rings (SSSR count). The molecule has 0 aliphatic carbocycles. The van der Waals surface area contributed by atoms with Gasteiger partial charge in [0.1, 0.15) is 12.0 Å². The van der Waals surface area contributed by atoms with Crippen LogP contribution in [0.15, 0.2) is 29.3 Å². The molecule has 5 nitrogen and oxygen atoms in total. The highest BCUT2D eigenvalue weighted by atomic mass is 19.1. The maximum absolute atomic E-state index is 13.5. The molecule has 0 aliphatic heterocycles. The van der Waals surface area contributed by atoms with Gasteiger partial charge in [-0.3, -0.25) is 0 Å². The van der Waals surface area contributed by atoms with E-state index in [2.05, 4.69) is 9.97 Å². The van der Waals surface area contributed by atoms with E-state index in [4.69, 9.17) is 9.52 Å². The van der Waals surface area contributed by atoms with E-state index in [0.717, 1.165) is 6.33 Å². The molecule has 0 spiro atoms. The zero-order valence-corrected chi connectivity index (χ0v) is 7.35. The number of carbonyl (C=O) groups is 1. The molecule has 0 unspecified atom stereocenters. The summed E-state index contributed by atoms with van der Waals surface area (Å²) in [7, 11) is 0. The number of aromatic carboxylic acids is 1. The maximum atomic E-state index is 13.5. The monoisotopic (exact) mass is 208 g/mol. The van der Waals surface area contributed by atoms with Crippen molar-refractivity contribution in [1.82, 2.24) is 9.97 Å². The third kappa shape index (κ3) is 1.56. The van der Waals surface area contributed by atoms with Crippen LogP contribution in [0.2, 0.25) is 0 Å². The summed E-state index contributed by atoms with van der Waals surface area (Å²) in [6, 6.07) is 1.48. The van der Waals surface area contributed by atoms with Gasteiger partial charge in [0.05, 0.1) is 12.5 Å². The summed E-state index contributed by atoms with van der Waals surface area (Å²) in [5.74, 6) is -2.40. The molecule has 15 heavy (non-hydrogen) atoms. The van der Waals surface area contributed by atoms with E-state index >= 15 is 0 Å². The number of halogens is 1. The van der Waals surface area contributed by atoms with Crippen LogP contribution < -0.4 is 0 Å². The molecule has 0 aromatic carbocycles. The lowest BCUT2D eigenvalue weighted by molar-refractivity contribution is 0.0684. The zero-order chi connectivity index (χ0) is 10.8. The number of carboxylic acids is 1. The number of furan rings is 1. The Morgan fingerprint density at radius 3 is 2.87 bits per heavy atom. The smallest absolute Gasteiger partial charge is 0.357 e. The standard InChI is InChI=1S/C9H5FN2O3/c10-6-7(5-1-2-15-3-5)11-4-12-8(6)9(13)14/h1-4H,(H,13,14). The van der Waals surface area contributed by atoms with Crippen LogP contribution in [0.3, 0.4) is 0 Å². The van der Waals surface area contributed by atoms with Gasteiger partial charge >= 0.3 is 5.97 Å². The van der Waals surface area contributed by atoms with Gasteiger partial charge < -0.3 is 9.52 Å². The first-order chi connectivity index (χ1) is 7.20. The Balaban J connectivity index is 2.59. The quantitative estimate of drug-likeness (QED) is 0.810. The van der Waals surface area contributed by atoms with Crippen molar-refractivity contribution in [2.75, 3.05) is 0 Å². The molecule has 2 heterocycles. The van der Waals surface area contributed by atoms with Crippen molar-refractivity contribution in [3.63, 3.8) is 0 Å². The van der Waals surface area contributed by atoms with Crippen LogP contribution in [0.4, 0.5) is 4.39 Å². The fraction of sp³-hybridized carbons (Fsp3) is 0. The van der Waals surface area contributed by atoms with Crippen molar-refractivity contribution < 1.29 is 18.7 Å². The van der Waals surface area contributed by atoms with Gasteiger partial charge in [0.15, 0.2) is 11.5 Å². The summed E-state index contributed by atoms with van der Waals surface area (Å²) in [5.41, 5.74) is -0.366. The minimum Gasteiger partial charge on any atom is -0.476 e. The molecular formula is C9H5FN2O3. The van der Waals surface area contributed by atoms with Crippen molar-refractivity contribution >= 4 is 5.97 Å². The lowest BCUT2D eigenvalue weighted by atomic mass is 10.2. The molecule has 1 N–H and O–H groups in total. The number of nitrogens with zero attached hydrogens (tertiary/aromatic N) is 2. The second kappa shape index (κ2) is 3.49. The Morgan fingerprint density at radius 2 is 2.27 bits per heavy atom. The molecular weight excluding hydrogens is 203 g/mol. The summed E-state index contributed by atoms with van der Waals surface area (Å²) in [4.78, 5) is 17.6. The lowest BCUT2D eigenvalue weighted by Gasteiger charge is -2.00. The number of hydrogen-bond acceptors (Lipinski definition) is 4. The predicted molar refractivity (Wildman–Crippen MR) is 46.7 cm³/mol. The molecule has 0 saturated carbocycles. The van der Waals surface area contributed by atoms with Crippen molar-refractivity contribution in [3.8, 4) is 11.3 Å². The van der Waals surface area contributed by atoms with Crippen LogP contribution in [-0.2, 0) is 0 Å². The fourth-order valence-corrected chi connectivity index (χ4v) is 1.12. The van der Waals surface area contributed by atoms with Crippen LogP contribution in [0.25, 0.3) is 11.3 Å². The average Bonchev–Trinajstić information content (AvgIpc) is 2.70. The highest BCUT2D eigenvalue weighted by Gasteiger charge is 2.18. The first-order valence-corrected chi connectivity index (χ1v) is 3.96. The van der Waals surface area contributed by atoms with E-state index < -0.39 is 17.5 Å². The minimum atomic E-state index is -1.43. The van der Waals surface area contributed by atoms with Gasteiger partial charge in [-0.15, -0.1) is 0 Å². The van der Waals surface area contributed by atoms with Gasteiger partial charge in [-0.05, 0) is 6.07 Å². The second-order valence-electron chi connectivity index (χ2n) is 2.70. The Kier molecular flexibility index (Phi) is 2.17. The molecule has 0 radical (unpaired) electrons. The van der Waals surface area contributed by atoms with Gasteiger partial charge in [-0.2, -0.15) is 0 Å². The molecule has 0 bridgehead atoms. The maximum Gasteiger partial charge on any atom is 0.357 e. The van der Waals surface area contributed by atoms with E-state index in [0.29, 0.717) is 5.56 Å². The van der Waals surface area contributed by atoms with Crippen molar-refractivity contribution in [3.05, 3.63) is 36.4 Å². The SMILES string of the molecule is O=C(O)c1ncnc(-c2ccoc2)c1F. The minimum absolute atomic E-state index is 0.0869. The van der Waals surface area contributed by atoms with Crippen LogP contribution in [-0.4, -0.2) is 21.0 Å². The Morgan fingerprint density at radius 1 is 1.47 bits per heavy atom. The van der Waals surface area contributed by atoms with Crippen molar-refractivity contribution in [1.29, 1.82) is 0 Å². The Bertz CT molecular complexity index is 496. The van der Waals surface area contributed by atoms with Gasteiger partial charge in [-0.25, -0.2) is 19.2 Å². The van der Waals surface area contributed by atoms with Gasteiger partial charge in [-0.1, -0.05) is 0 Å². The number of aromatic nitrogens is 2. The molecule has 6 heteroatoms. The number of rotatable bonds is 2. The normalized spacial score (nSPS) is 10.2. The molecule has 0 aliphatic rings. The molecule has 2 aromatic heterocycles. The molecule has 0 amide bonds. The Hall–Kier alpha value is -2.24. The largest absolute Gasteiger partial charge is 0.476 e. The van der Waals surface area contributed by atoms with Gasteiger partial charge in [0.2, 0.25) is 0 Å². The number of hydrogen-bond donors (Lipinski definition) is 1. The lowest BCUT2D eigenvalue weighted by Crippen LogP contribution is -2.06. The van der Waals surface area contributed by atoms with E-state index in [-0.39, 0.29) is 5.69 Å². The van der Waals surface area contributed by atoms with Gasteiger partial charge in [0.25, 0.3) is 0 Å². The molecule has 2 aromatic rings. The Labute approximate surface area is 83.2 Å². The van der Waals surface area contributed by atoms with Crippen LogP contribution in [0.5, 0.6) is 0 Å². The zero-order valence-electron chi connectivity index (χ0n) is 7.35. The first-order valence-electron chi connectivity index (χ1n) is 3.96. The summed E-state index contributed by atoms with van der Waals surface area (Å²) in [6.45, 7) is 0. The molecule has 0 saturated heterocycles. The summed E-state index contributed by atoms with van der Waals surface area (Å²) >= 11 is 0. The topological polar surface area (TPSA) is 76.2 Å². The second-order valence-corrected chi connectivity index (χ2v) is 2.70. The average molecular weight is 208 g/mol. The summed E-state index contributed by atoms with van der Waals surface area (Å²) < 4.78 is 18.3. The van der Waals surface area contributed by atoms with Gasteiger partial charge in [0, 0.05) is 5.56 Å². The number of carboxylic acid groups (broad SMARTS) is 1. The summed E-state index contributed by atoms with van der Waals surface area (Å²) in [6.07, 6.45) is 3.61. The van der Waals surface area contributed by atoms with Crippen molar-refractivity contribution in [2.24, 2.45) is 0 Å². The van der Waals surface area contributed by atoms with Crippen LogP contribution in [0.1, 0.15) is 10.5 Å². The van der Waals surface area contributed by atoms with Crippen molar-refractivity contribution in [2.45, 2.75) is 0 Å². The van der Waals surface area contributed by atoms with Crippen LogP contribution in [0, 0.1) is 5.82 Å². The predicted octanol–water partition coefficient (Wildman–Crippen LogP) is 1.57. The van der Waals surface area contributed by atoms with E-state index in [1.807, 2.05) is 0 Å². The highest BCUT2D eigenvalue weighted by Crippen LogP contribution is 2.21. The molecule has 0 fully saturated rings. The van der Waals surface area contributed by atoms with E-state index in [1.165, 1.54) is 18.6 Å².